The molecule has 0 spiro atoms. The summed E-state index contributed by atoms with van der Waals surface area (Å²) >= 11 is 6.06. The van der Waals surface area contributed by atoms with Gasteiger partial charge in [0.1, 0.15) is 0 Å². The molecule has 0 heterocycles. The zero-order valence-electron chi connectivity index (χ0n) is 18.3. The van der Waals surface area contributed by atoms with E-state index in [0.717, 1.165) is 24.8 Å². The highest BCUT2D eigenvalue weighted by Crippen LogP contribution is 2.35. The average molecular weight is 448 g/mol. The molecule has 4 N–H and O–H groups in total. The highest BCUT2D eigenvalue weighted by molar-refractivity contribution is 6.30. The minimum Gasteiger partial charge on any atom is -0.352 e. The number of halogens is 2. The van der Waals surface area contributed by atoms with Crippen LogP contribution < -0.4 is 16.5 Å². The quantitative estimate of drug-likeness (QED) is 0.409. The van der Waals surface area contributed by atoms with E-state index in [1.807, 2.05) is 13.8 Å². The fraction of sp³-hybridized carbons (Fsp3) is 0.458. The third-order valence-corrected chi connectivity index (χ3v) is 6.25. The van der Waals surface area contributed by atoms with Gasteiger partial charge in [0, 0.05) is 10.7 Å². The van der Waals surface area contributed by atoms with E-state index in [-0.39, 0.29) is 23.1 Å². The van der Waals surface area contributed by atoms with Gasteiger partial charge in [0.05, 0.1) is 17.9 Å². The maximum Gasteiger partial charge on any atom is 0.277 e. The minimum atomic E-state index is -0.483. The van der Waals surface area contributed by atoms with Crippen LogP contribution in [0.5, 0.6) is 0 Å². The molecule has 0 bridgehead atoms. The van der Waals surface area contributed by atoms with Gasteiger partial charge in [0.25, 0.3) is 5.91 Å². The van der Waals surface area contributed by atoms with Crippen LogP contribution in [0.1, 0.15) is 60.5 Å². The summed E-state index contributed by atoms with van der Waals surface area (Å²) in [6.45, 7) is 6.93. The summed E-state index contributed by atoms with van der Waals surface area (Å²) in [6, 6.07) is 8.62. The fourth-order valence-electron chi connectivity index (χ4n) is 3.54. The summed E-state index contributed by atoms with van der Waals surface area (Å²) < 4.78 is 15.8. The Morgan fingerprint density at radius 2 is 2.03 bits per heavy atom. The molecule has 0 radical (unpaired) electrons. The molecule has 0 aromatic heterocycles. The van der Waals surface area contributed by atoms with Crippen LogP contribution in [0.3, 0.4) is 0 Å². The lowest BCUT2D eigenvalue weighted by molar-refractivity contribution is 0.0270. The summed E-state index contributed by atoms with van der Waals surface area (Å²) in [5.74, 6) is -0.285. The largest absolute Gasteiger partial charge is 0.352 e. The zero-order valence-corrected chi connectivity index (χ0v) is 19.1. The van der Waals surface area contributed by atoms with Crippen LogP contribution >= 0.6 is 11.6 Å². The van der Waals surface area contributed by atoms with Gasteiger partial charge in [-0.3, -0.25) is 9.63 Å². The molecule has 7 heteroatoms. The number of carbonyl (C=O) groups is 1. The van der Waals surface area contributed by atoms with Crippen LogP contribution in [0, 0.1) is 24.6 Å². The molecule has 2 aromatic carbocycles. The van der Waals surface area contributed by atoms with E-state index in [1.54, 1.807) is 30.3 Å². The topological polar surface area (TPSA) is 76.4 Å². The molecule has 1 aliphatic carbocycles. The highest BCUT2D eigenvalue weighted by Gasteiger charge is 2.25. The highest BCUT2D eigenvalue weighted by atomic mass is 35.5. The monoisotopic (exact) mass is 447 g/mol. The van der Waals surface area contributed by atoms with Crippen molar-refractivity contribution >= 4 is 28.9 Å². The third kappa shape index (κ3) is 5.97. The lowest BCUT2D eigenvalue weighted by Crippen LogP contribution is -2.26. The molecule has 31 heavy (non-hydrogen) atoms. The molecule has 1 fully saturated rings. The number of rotatable bonds is 10. The van der Waals surface area contributed by atoms with Gasteiger partial charge in [0.2, 0.25) is 0 Å². The van der Waals surface area contributed by atoms with E-state index in [2.05, 4.69) is 17.7 Å². The predicted octanol–water partition coefficient (Wildman–Crippen LogP) is 5.69. The molecule has 0 saturated heterocycles. The second-order valence-electron chi connectivity index (χ2n) is 8.50. The number of benzene rings is 2. The number of anilines is 2. The maximum absolute atomic E-state index is 15.8. The normalized spacial score (nSPS) is 15.4. The van der Waals surface area contributed by atoms with Crippen molar-refractivity contribution in [1.29, 1.82) is 0 Å². The molecule has 1 aliphatic rings. The summed E-state index contributed by atoms with van der Waals surface area (Å²) in [5, 5.41) is 3.71. The Bertz CT molecular complexity index is 933. The Morgan fingerprint density at radius 3 is 2.68 bits per heavy atom. The second kappa shape index (κ2) is 10.4. The summed E-state index contributed by atoms with van der Waals surface area (Å²) in [4.78, 5) is 18.1. The van der Waals surface area contributed by atoms with Crippen LogP contribution in [0.15, 0.2) is 30.3 Å². The molecule has 2 unspecified atom stereocenters. The van der Waals surface area contributed by atoms with Crippen LogP contribution in [0.4, 0.5) is 15.8 Å². The number of aryl methyl sites for hydroxylation is 1. The van der Waals surface area contributed by atoms with Gasteiger partial charge in [-0.2, -0.15) is 0 Å². The number of nitrogens with two attached hydrogens (primary N) is 1. The lowest BCUT2D eigenvalue weighted by atomic mass is 9.85. The standard InChI is InChI=1S/C24H31ClFN3O2/c1-14(10-11-27)16(3)19-7-8-20(24(30)29-31-13-17-4-5-17)23(22(19)26)28-21-9-6-18(25)12-15(21)2/h6-9,12,14,16-17,28H,4-5,10-11,13,27H2,1-3H3,(H,29,30). The van der Waals surface area contributed by atoms with Crippen molar-refractivity contribution in [3.8, 4) is 0 Å². The van der Waals surface area contributed by atoms with E-state index in [1.165, 1.54) is 0 Å². The first-order valence-electron chi connectivity index (χ1n) is 10.8. The Labute approximate surface area is 188 Å². The van der Waals surface area contributed by atoms with Crippen molar-refractivity contribution in [2.24, 2.45) is 17.6 Å². The summed E-state index contributed by atoms with van der Waals surface area (Å²) in [5.41, 5.74) is 10.5. The van der Waals surface area contributed by atoms with Gasteiger partial charge in [-0.15, -0.1) is 0 Å². The van der Waals surface area contributed by atoms with Gasteiger partial charge in [-0.05, 0) is 85.9 Å². The molecule has 1 amide bonds. The number of hydrogen-bond donors (Lipinski definition) is 3. The number of hydroxylamine groups is 1. The number of hydrogen-bond acceptors (Lipinski definition) is 4. The first kappa shape index (κ1) is 23.5. The maximum atomic E-state index is 15.8. The Hall–Kier alpha value is -2.15. The van der Waals surface area contributed by atoms with E-state index in [0.29, 0.717) is 35.3 Å². The summed E-state index contributed by atoms with van der Waals surface area (Å²) in [7, 11) is 0. The fourth-order valence-corrected chi connectivity index (χ4v) is 3.77. The van der Waals surface area contributed by atoms with E-state index in [9.17, 15) is 4.79 Å². The Morgan fingerprint density at radius 1 is 1.29 bits per heavy atom. The van der Waals surface area contributed by atoms with Crippen molar-refractivity contribution in [3.63, 3.8) is 0 Å². The zero-order chi connectivity index (χ0) is 22.5. The molecule has 3 rings (SSSR count). The van der Waals surface area contributed by atoms with Crippen LogP contribution in [0.2, 0.25) is 5.02 Å². The molecule has 0 aliphatic heterocycles. The average Bonchev–Trinajstić information content (AvgIpc) is 3.55. The predicted molar refractivity (Wildman–Crippen MR) is 123 cm³/mol. The molecular weight excluding hydrogens is 417 g/mol. The van der Waals surface area contributed by atoms with Gasteiger partial charge >= 0.3 is 0 Å². The first-order chi connectivity index (χ1) is 14.8. The van der Waals surface area contributed by atoms with E-state index >= 15 is 4.39 Å². The molecule has 2 atom stereocenters. The van der Waals surface area contributed by atoms with Crippen molar-refractivity contribution in [2.75, 3.05) is 18.5 Å². The third-order valence-electron chi connectivity index (χ3n) is 6.01. The lowest BCUT2D eigenvalue weighted by Gasteiger charge is -2.23. The second-order valence-corrected chi connectivity index (χ2v) is 8.94. The number of carbonyl (C=O) groups excluding carboxylic acids is 1. The van der Waals surface area contributed by atoms with Gasteiger partial charge < -0.3 is 11.1 Å². The van der Waals surface area contributed by atoms with Crippen molar-refractivity contribution in [2.45, 2.75) is 46.0 Å². The Balaban J connectivity index is 1.94. The molecule has 168 valence electrons. The van der Waals surface area contributed by atoms with E-state index < -0.39 is 11.7 Å². The van der Waals surface area contributed by atoms with Crippen molar-refractivity contribution in [1.82, 2.24) is 5.48 Å². The minimum absolute atomic E-state index is 0.0568. The number of amides is 1. The van der Waals surface area contributed by atoms with Gasteiger partial charge in [-0.1, -0.05) is 31.5 Å². The van der Waals surface area contributed by atoms with Crippen LogP contribution in [-0.2, 0) is 4.84 Å². The van der Waals surface area contributed by atoms with E-state index in [4.69, 9.17) is 22.2 Å². The first-order valence-corrected chi connectivity index (χ1v) is 11.2. The molecular formula is C24H31ClFN3O2. The SMILES string of the molecule is Cc1cc(Cl)ccc1Nc1c(C(=O)NOCC2CC2)ccc(C(C)C(C)CCN)c1F. The van der Waals surface area contributed by atoms with Crippen molar-refractivity contribution in [3.05, 3.63) is 57.9 Å². The van der Waals surface area contributed by atoms with Crippen LogP contribution in [0.25, 0.3) is 0 Å². The van der Waals surface area contributed by atoms with Gasteiger partial charge in [-0.25, -0.2) is 9.87 Å². The van der Waals surface area contributed by atoms with Crippen LogP contribution in [-0.4, -0.2) is 19.1 Å². The number of nitrogens with one attached hydrogen (secondary N) is 2. The molecule has 1 saturated carbocycles. The van der Waals surface area contributed by atoms with Gasteiger partial charge in [0.15, 0.2) is 5.82 Å². The summed E-state index contributed by atoms with van der Waals surface area (Å²) in [6.07, 6.45) is 3.01. The molecule has 5 nitrogen and oxygen atoms in total. The molecule has 2 aromatic rings. The smallest absolute Gasteiger partial charge is 0.277 e. The van der Waals surface area contributed by atoms with Crippen molar-refractivity contribution < 1.29 is 14.0 Å². The Kier molecular flexibility index (Phi) is 7.92.